The molecule has 0 spiro atoms. The molecule has 1 aromatic heterocycles. The van der Waals surface area contributed by atoms with E-state index in [9.17, 15) is 0 Å². The highest BCUT2D eigenvalue weighted by molar-refractivity contribution is 7.10. The van der Waals surface area contributed by atoms with Gasteiger partial charge in [0, 0.05) is 4.88 Å². The van der Waals surface area contributed by atoms with E-state index in [-0.39, 0.29) is 6.04 Å². The van der Waals surface area contributed by atoms with Gasteiger partial charge in [-0.15, -0.1) is 11.3 Å². The van der Waals surface area contributed by atoms with Crippen molar-refractivity contribution in [1.29, 1.82) is 5.53 Å². The topological polar surface area (TPSA) is 36.2 Å². The predicted octanol–water partition coefficient (Wildman–Crippen LogP) is 2.84. The fraction of sp³-hybridized carbons (Fsp3) is 0.333. The van der Waals surface area contributed by atoms with Crippen molar-refractivity contribution in [3.8, 4) is 0 Å². The maximum Gasteiger partial charge on any atom is 0.102 e. The van der Waals surface area contributed by atoms with Crippen LogP contribution in [0.2, 0.25) is 0 Å². The normalized spacial score (nSPS) is 13.0. The van der Waals surface area contributed by atoms with Crippen LogP contribution in [0.25, 0.3) is 0 Å². The first-order valence-electron chi connectivity index (χ1n) is 2.74. The fourth-order valence-electron chi connectivity index (χ4n) is 0.593. The van der Waals surface area contributed by atoms with Gasteiger partial charge in [0.25, 0.3) is 0 Å². The molecule has 1 N–H and O–H groups in total. The molecule has 0 fully saturated rings. The van der Waals surface area contributed by atoms with Gasteiger partial charge in [-0.2, -0.15) is 5.11 Å². The zero-order chi connectivity index (χ0) is 6.69. The van der Waals surface area contributed by atoms with E-state index in [1.165, 1.54) is 0 Å². The summed E-state index contributed by atoms with van der Waals surface area (Å²) in [7, 11) is 0. The smallest absolute Gasteiger partial charge is 0.102 e. The van der Waals surface area contributed by atoms with Crippen LogP contribution in [0, 0.1) is 5.53 Å². The summed E-state index contributed by atoms with van der Waals surface area (Å²) in [6.07, 6.45) is 0. The Morgan fingerprint density at radius 1 is 1.78 bits per heavy atom. The molecular weight excluding hydrogens is 132 g/mol. The summed E-state index contributed by atoms with van der Waals surface area (Å²) in [6.45, 7) is 1.92. The van der Waals surface area contributed by atoms with Crippen molar-refractivity contribution < 1.29 is 0 Å². The summed E-state index contributed by atoms with van der Waals surface area (Å²) in [5.41, 5.74) is 6.72. The first kappa shape index (κ1) is 6.42. The second-order valence-electron chi connectivity index (χ2n) is 1.82. The molecule has 9 heavy (non-hydrogen) atoms. The molecule has 48 valence electrons. The number of rotatable bonds is 2. The van der Waals surface area contributed by atoms with Crippen molar-refractivity contribution >= 4 is 11.3 Å². The van der Waals surface area contributed by atoms with Crippen LogP contribution < -0.4 is 0 Å². The van der Waals surface area contributed by atoms with Crippen molar-refractivity contribution in [2.75, 3.05) is 0 Å². The van der Waals surface area contributed by atoms with Gasteiger partial charge in [-0.1, -0.05) is 6.07 Å². The first-order chi connectivity index (χ1) is 4.34. The number of thiophene rings is 1. The van der Waals surface area contributed by atoms with Gasteiger partial charge in [-0.05, 0) is 18.4 Å². The van der Waals surface area contributed by atoms with Crippen molar-refractivity contribution in [3.05, 3.63) is 22.4 Å². The summed E-state index contributed by atoms with van der Waals surface area (Å²) < 4.78 is 0. The molecule has 1 heterocycles. The molecule has 0 aliphatic heterocycles. The number of nitrogens with zero attached hydrogens (tertiary/aromatic N) is 1. The molecule has 1 atom stereocenters. The Kier molecular flexibility index (Phi) is 1.95. The van der Waals surface area contributed by atoms with Crippen LogP contribution in [0.3, 0.4) is 0 Å². The monoisotopic (exact) mass is 140 g/mol. The Labute approximate surface area is 58.0 Å². The highest BCUT2D eigenvalue weighted by Crippen LogP contribution is 2.20. The van der Waals surface area contributed by atoms with Gasteiger partial charge in [0.2, 0.25) is 0 Å². The van der Waals surface area contributed by atoms with E-state index in [0.717, 1.165) is 4.88 Å². The molecule has 0 aliphatic rings. The quantitative estimate of drug-likeness (QED) is 0.613. The molecule has 0 aromatic carbocycles. The highest BCUT2D eigenvalue weighted by atomic mass is 32.1. The lowest BCUT2D eigenvalue weighted by Gasteiger charge is -1.95. The molecule has 0 bridgehead atoms. The van der Waals surface area contributed by atoms with Crippen LogP contribution >= 0.6 is 11.3 Å². The molecule has 1 rings (SSSR count). The average molecular weight is 140 g/mol. The minimum absolute atomic E-state index is 0.0463. The number of nitrogens with one attached hydrogen (secondary N) is 1. The maximum atomic E-state index is 6.72. The minimum atomic E-state index is 0.0463. The molecule has 0 aliphatic carbocycles. The summed E-state index contributed by atoms with van der Waals surface area (Å²) in [5, 5.41) is 5.39. The molecule has 0 saturated heterocycles. The van der Waals surface area contributed by atoms with E-state index in [1.807, 2.05) is 24.4 Å². The molecule has 1 aromatic rings. The lowest BCUT2D eigenvalue weighted by Crippen LogP contribution is -1.79. The van der Waals surface area contributed by atoms with Crippen molar-refractivity contribution in [2.24, 2.45) is 5.11 Å². The predicted molar refractivity (Wildman–Crippen MR) is 37.9 cm³/mol. The Balaban J connectivity index is 2.76. The van der Waals surface area contributed by atoms with E-state index >= 15 is 0 Å². The van der Waals surface area contributed by atoms with Gasteiger partial charge >= 0.3 is 0 Å². The average Bonchev–Trinajstić information content (AvgIpc) is 2.37. The van der Waals surface area contributed by atoms with Crippen molar-refractivity contribution in [2.45, 2.75) is 13.0 Å². The summed E-state index contributed by atoms with van der Waals surface area (Å²) in [6, 6.07) is 4.01. The third-order valence-corrected chi connectivity index (χ3v) is 2.19. The molecule has 0 saturated carbocycles. The van der Waals surface area contributed by atoms with Crippen molar-refractivity contribution in [3.63, 3.8) is 0 Å². The van der Waals surface area contributed by atoms with E-state index < -0.39 is 0 Å². The lowest BCUT2D eigenvalue weighted by molar-refractivity contribution is 0.748. The molecule has 2 nitrogen and oxygen atoms in total. The van der Waals surface area contributed by atoms with Crippen molar-refractivity contribution in [1.82, 2.24) is 0 Å². The third kappa shape index (κ3) is 1.36. The summed E-state index contributed by atoms with van der Waals surface area (Å²) >= 11 is 1.64. The second-order valence-corrected chi connectivity index (χ2v) is 2.80. The Bertz CT molecular complexity index is 181. The van der Waals surface area contributed by atoms with Gasteiger partial charge in [-0.3, -0.25) is 0 Å². The van der Waals surface area contributed by atoms with Gasteiger partial charge in [0.1, 0.15) is 6.04 Å². The Morgan fingerprint density at radius 2 is 2.56 bits per heavy atom. The Morgan fingerprint density at radius 3 is 3.00 bits per heavy atom. The zero-order valence-corrected chi connectivity index (χ0v) is 5.98. The zero-order valence-electron chi connectivity index (χ0n) is 5.16. The van der Waals surface area contributed by atoms with E-state index in [1.54, 1.807) is 11.3 Å². The largest absolute Gasteiger partial charge is 0.209 e. The SMILES string of the molecule is CC(N=N)c1cccs1. The minimum Gasteiger partial charge on any atom is -0.209 e. The highest BCUT2D eigenvalue weighted by Gasteiger charge is 2.01. The van der Waals surface area contributed by atoms with Gasteiger partial charge in [0.15, 0.2) is 0 Å². The Hall–Kier alpha value is -0.700. The molecular formula is C6H8N2S. The van der Waals surface area contributed by atoms with E-state index in [2.05, 4.69) is 5.11 Å². The number of hydrogen-bond acceptors (Lipinski definition) is 3. The van der Waals surface area contributed by atoms with E-state index in [0.29, 0.717) is 0 Å². The van der Waals surface area contributed by atoms with Crippen LogP contribution in [0.5, 0.6) is 0 Å². The van der Waals surface area contributed by atoms with Gasteiger partial charge in [0.05, 0.1) is 0 Å². The molecule has 0 radical (unpaired) electrons. The second kappa shape index (κ2) is 2.73. The van der Waals surface area contributed by atoms with Crippen LogP contribution in [-0.4, -0.2) is 0 Å². The third-order valence-electron chi connectivity index (χ3n) is 1.15. The molecule has 3 heteroatoms. The van der Waals surface area contributed by atoms with Crippen LogP contribution in [0.4, 0.5) is 0 Å². The molecule has 0 amide bonds. The van der Waals surface area contributed by atoms with E-state index in [4.69, 9.17) is 5.53 Å². The number of hydrogen-bond donors (Lipinski definition) is 1. The van der Waals surface area contributed by atoms with Crippen LogP contribution in [0.15, 0.2) is 22.6 Å². The maximum absolute atomic E-state index is 6.72. The fourth-order valence-corrected chi connectivity index (χ4v) is 1.31. The summed E-state index contributed by atoms with van der Waals surface area (Å²) in [4.78, 5) is 1.16. The summed E-state index contributed by atoms with van der Waals surface area (Å²) in [5.74, 6) is 0. The van der Waals surface area contributed by atoms with Crippen LogP contribution in [-0.2, 0) is 0 Å². The van der Waals surface area contributed by atoms with Crippen LogP contribution in [0.1, 0.15) is 17.8 Å². The van der Waals surface area contributed by atoms with Gasteiger partial charge in [-0.25, -0.2) is 5.53 Å². The first-order valence-corrected chi connectivity index (χ1v) is 3.62. The molecule has 1 unspecified atom stereocenters. The standard InChI is InChI=1S/C6H8N2S/c1-5(8-7)6-3-2-4-9-6/h2-5,7H,1H3. The van der Waals surface area contributed by atoms with Gasteiger partial charge < -0.3 is 0 Å². The lowest BCUT2D eigenvalue weighted by atomic mass is 10.3.